The van der Waals surface area contributed by atoms with Crippen LogP contribution in [0.15, 0.2) is 60.8 Å². The molecule has 0 saturated carbocycles. The second kappa shape index (κ2) is 59.7. The van der Waals surface area contributed by atoms with E-state index in [0.29, 0.717) is 19.3 Å². The van der Waals surface area contributed by atoms with Gasteiger partial charge in [-0.3, -0.25) is 14.4 Å². The molecule has 0 aromatic heterocycles. The van der Waals surface area contributed by atoms with E-state index in [1.165, 1.54) is 186 Å². The third kappa shape index (κ3) is 57.9. The van der Waals surface area contributed by atoms with E-state index in [0.717, 1.165) is 89.9 Å². The Morgan fingerprint density at radius 2 is 0.549 bits per heavy atom. The van der Waals surface area contributed by atoms with Crippen molar-refractivity contribution in [2.24, 2.45) is 0 Å². The standard InChI is InChI=1S/C65H116O6/c1-4-7-10-13-16-19-22-25-27-28-29-30-31-32-33-34-35-36-37-38-39-41-43-46-49-52-55-58-64(67)70-61-62(60-69-63(66)57-54-51-48-45-42-24-21-18-15-12-9-6-3)71-65(68)59-56-53-50-47-44-40-26-23-20-17-14-11-8-5-2/h7,10,16,19,25,27,29-30,32-33,62H,4-6,8-9,11-15,17-18,20-24,26,28,31,34-61H2,1-3H3/b10-7-,19-16-,27-25-,30-29-,33-32-. The molecule has 0 heterocycles. The van der Waals surface area contributed by atoms with Gasteiger partial charge in [0.15, 0.2) is 6.10 Å². The van der Waals surface area contributed by atoms with Crippen molar-refractivity contribution in [3.63, 3.8) is 0 Å². The molecule has 0 aliphatic rings. The van der Waals surface area contributed by atoms with Gasteiger partial charge in [0.2, 0.25) is 0 Å². The van der Waals surface area contributed by atoms with Crippen LogP contribution in [0, 0.1) is 0 Å². The third-order valence-electron chi connectivity index (χ3n) is 13.5. The molecule has 0 N–H and O–H groups in total. The molecule has 0 aliphatic heterocycles. The molecule has 1 atom stereocenters. The summed E-state index contributed by atoms with van der Waals surface area (Å²) in [7, 11) is 0. The Morgan fingerprint density at radius 3 is 0.859 bits per heavy atom. The summed E-state index contributed by atoms with van der Waals surface area (Å²) in [5.41, 5.74) is 0. The van der Waals surface area contributed by atoms with Gasteiger partial charge < -0.3 is 14.2 Å². The van der Waals surface area contributed by atoms with E-state index in [4.69, 9.17) is 14.2 Å². The first kappa shape index (κ1) is 68.1. The van der Waals surface area contributed by atoms with Gasteiger partial charge in [-0.25, -0.2) is 0 Å². The Morgan fingerprint density at radius 1 is 0.296 bits per heavy atom. The highest BCUT2D eigenvalue weighted by Crippen LogP contribution is 2.17. The molecule has 0 aromatic carbocycles. The number of carbonyl (C=O) groups is 3. The van der Waals surface area contributed by atoms with E-state index in [-0.39, 0.29) is 31.1 Å². The monoisotopic (exact) mass is 993 g/mol. The first-order valence-electron chi connectivity index (χ1n) is 30.8. The van der Waals surface area contributed by atoms with E-state index >= 15 is 0 Å². The van der Waals surface area contributed by atoms with Crippen molar-refractivity contribution in [2.75, 3.05) is 13.2 Å². The summed E-state index contributed by atoms with van der Waals surface area (Å²) in [6, 6.07) is 0. The molecule has 412 valence electrons. The van der Waals surface area contributed by atoms with Gasteiger partial charge in [-0.1, -0.05) is 293 Å². The largest absolute Gasteiger partial charge is 0.462 e. The first-order valence-corrected chi connectivity index (χ1v) is 30.8. The highest BCUT2D eigenvalue weighted by atomic mass is 16.6. The van der Waals surface area contributed by atoms with Crippen LogP contribution in [0.1, 0.15) is 316 Å². The van der Waals surface area contributed by atoms with Crippen molar-refractivity contribution in [3.05, 3.63) is 60.8 Å². The van der Waals surface area contributed by atoms with Crippen LogP contribution in [-0.2, 0) is 28.6 Å². The fourth-order valence-electron chi connectivity index (χ4n) is 8.94. The molecule has 0 saturated heterocycles. The zero-order chi connectivity index (χ0) is 51.4. The van der Waals surface area contributed by atoms with E-state index < -0.39 is 6.10 Å². The third-order valence-corrected chi connectivity index (χ3v) is 13.5. The molecular weight excluding hydrogens is 877 g/mol. The number of allylic oxidation sites excluding steroid dienone is 10. The van der Waals surface area contributed by atoms with Crippen molar-refractivity contribution in [3.8, 4) is 0 Å². The minimum atomic E-state index is -0.770. The molecule has 1 unspecified atom stereocenters. The number of carbonyl (C=O) groups excluding carboxylic acids is 3. The molecule has 0 radical (unpaired) electrons. The Balaban J connectivity index is 4.22. The number of rotatable bonds is 56. The van der Waals surface area contributed by atoms with Crippen LogP contribution in [-0.4, -0.2) is 37.2 Å². The topological polar surface area (TPSA) is 78.9 Å². The zero-order valence-corrected chi connectivity index (χ0v) is 47.2. The molecule has 71 heavy (non-hydrogen) atoms. The summed E-state index contributed by atoms with van der Waals surface area (Å²) < 4.78 is 16.9. The van der Waals surface area contributed by atoms with Crippen molar-refractivity contribution in [1.29, 1.82) is 0 Å². The SMILES string of the molecule is CC/C=C\C/C=C\C/C=C\C/C=C\C/C=C\CCCCCCCCCCCCCC(=O)OCC(COC(=O)CCCCCCCCCCCCCC)OC(=O)CCCCCCCCCCCCCCCC. The number of hydrogen-bond donors (Lipinski definition) is 0. The average molecular weight is 994 g/mol. The predicted molar refractivity (Wildman–Crippen MR) is 307 cm³/mol. The maximum Gasteiger partial charge on any atom is 0.306 e. The lowest BCUT2D eigenvalue weighted by atomic mass is 10.0. The zero-order valence-electron chi connectivity index (χ0n) is 47.2. The second-order valence-electron chi connectivity index (χ2n) is 20.6. The Labute approximate surface area is 440 Å². The highest BCUT2D eigenvalue weighted by molar-refractivity contribution is 5.71. The fraction of sp³-hybridized carbons (Fsp3) is 0.800. The number of unbranched alkanes of at least 4 members (excludes halogenated alkanes) is 35. The fourth-order valence-corrected chi connectivity index (χ4v) is 8.94. The van der Waals surface area contributed by atoms with Crippen molar-refractivity contribution < 1.29 is 28.6 Å². The molecule has 0 fully saturated rings. The van der Waals surface area contributed by atoms with Gasteiger partial charge in [-0.2, -0.15) is 0 Å². The molecule has 0 rings (SSSR count). The van der Waals surface area contributed by atoms with Crippen LogP contribution in [0.25, 0.3) is 0 Å². The summed E-state index contributed by atoms with van der Waals surface area (Å²) in [6.07, 6.45) is 75.1. The van der Waals surface area contributed by atoms with Crippen LogP contribution in [0.4, 0.5) is 0 Å². The maximum atomic E-state index is 12.9. The van der Waals surface area contributed by atoms with Gasteiger partial charge in [0.05, 0.1) is 0 Å². The smallest absolute Gasteiger partial charge is 0.306 e. The number of ether oxygens (including phenoxy) is 3. The van der Waals surface area contributed by atoms with Gasteiger partial charge in [-0.15, -0.1) is 0 Å². The van der Waals surface area contributed by atoms with Crippen LogP contribution >= 0.6 is 0 Å². The average Bonchev–Trinajstić information content (AvgIpc) is 3.37. The van der Waals surface area contributed by atoms with Crippen molar-refractivity contribution >= 4 is 17.9 Å². The van der Waals surface area contributed by atoms with Crippen molar-refractivity contribution in [1.82, 2.24) is 0 Å². The quantitative estimate of drug-likeness (QED) is 0.0261. The Bertz CT molecular complexity index is 1280. The molecule has 0 amide bonds. The van der Waals surface area contributed by atoms with Crippen molar-refractivity contribution in [2.45, 2.75) is 322 Å². The summed E-state index contributed by atoms with van der Waals surface area (Å²) in [4.78, 5) is 38.2. The lowest BCUT2D eigenvalue weighted by molar-refractivity contribution is -0.167. The van der Waals surface area contributed by atoms with Crippen LogP contribution in [0.3, 0.4) is 0 Å². The minimum absolute atomic E-state index is 0.0695. The van der Waals surface area contributed by atoms with Gasteiger partial charge in [0.1, 0.15) is 13.2 Å². The lowest BCUT2D eigenvalue weighted by Gasteiger charge is -2.18. The second-order valence-corrected chi connectivity index (χ2v) is 20.6. The minimum Gasteiger partial charge on any atom is -0.462 e. The predicted octanol–water partition coefficient (Wildman–Crippen LogP) is 20.8. The van der Waals surface area contributed by atoms with Crippen LogP contribution in [0.2, 0.25) is 0 Å². The Kier molecular flexibility index (Phi) is 57.2. The molecule has 0 spiro atoms. The molecule has 6 nitrogen and oxygen atoms in total. The lowest BCUT2D eigenvalue weighted by Crippen LogP contribution is -2.30. The number of hydrogen-bond acceptors (Lipinski definition) is 6. The highest BCUT2D eigenvalue weighted by Gasteiger charge is 2.19. The summed E-state index contributed by atoms with van der Waals surface area (Å²) in [6.45, 7) is 6.56. The van der Waals surface area contributed by atoms with Gasteiger partial charge in [0, 0.05) is 19.3 Å². The summed E-state index contributed by atoms with van der Waals surface area (Å²) in [5.74, 6) is -0.856. The molecular formula is C65H116O6. The van der Waals surface area contributed by atoms with E-state index in [1.807, 2.05) is 0 Å². The number of esters is 3. The van der Waals surface area contributed by atoms with Crippen LogP contribution in [0.5, 0.6) is 0 Å². The first-order chi connectivity index (χ1) is 35.0. The van der Waals surface area contributed by atoms with E-state index in [2.05, 4.69) is 81.5 Å². The molecule has 0 aliphatic carbocycles. The van der Waals surface area contributed by atoms with E-state index in [9.17, 15) is 14.4 Å². The van der Waals surface area contributed by atoms with E-state index in [1.54, 1.807) is 0 Å². The molecule has 0 bridgehead atoms. The van der Waals surface area contributed by atoms with Gasteiger partial charge >= 0.3 is 17.9 Å². The molecule has 6 heteroatoms. The maximum absolute atomic E-state index is 12.9. The Hall–Kier alpha value is -2.89. The van der Waals surface area contributed by atoms with Crippen LogP contribution < -0.4 is 0 Å². The normalized spacial score (nSPS) is 12.4. The summed E-state index contributed by atoms with van der Waals surface area (Å²) in [5, 5.41) is 0. The summed E-state index contributed by atoms with van der Waals surface area (Å²) >= 11 is 0. The molecule has 0 aromatic rings. The van der Waals surface area contributed by atoms with Gasteiger partial charge in [0.25, 0.3) is 0 Å². The van der Waals surface area contributed by atoms with Gasteiger partial charge in [-0.05, 0) is 64.2 Å².